The van der Waals surface area contributed by atoms with Gasteiger partial charge in [0.05, 0.1) is 18.2 Å². The molecule has 0 atom stereocenters. The van der Waals surface area contributed by atoms with Crippen LogP contribution in [0.15, 0.2) is 53.4 Å². The number of benzene rings is 2. The minimum Gasteiger partial charge on any atom is -0.479 e. The molecule has 100 valence electrons. The van der Waals surface area contributed by atoms with Gasteiger partial charge in [0.25, 0.3) is 0 Å². The summed E-state index contributed by atoms with van der Waals surface area (Å²) in [6.45, 7) is 2.51. The standard InChI is InChI=1S/C16H13NOS2/c1-2-18-16(19)20-15-9-7-14(8-10-15)13-5-3-12(11-17)4-6-13/h3-10H,2H2,1H3. The van der Waals surface area contributed by atoms with Gasteiger partial charge in [0.2, 0.25) is 4.38 Å². The van der Waals surface area contributed by atoms with Crippen LogP contribution in [-0.4, -0.2) is 11.0 Å². The summed E-state index contributed by atoms with van der Waals surface area (Å²) in [6, 6.07) is 17.8. The molecule has 0 aliphatic rings. The van der Waals surface area contributed by atoms with Gasteiger partial charge in [0.15, 0.2) is 0 Å². The summed E-state index contributed by atoms with van der Waals surface area (Å²) in [4.78, 5) is 1.06. The van der Waals surface area contributed by atoms with E-state index in [1.165, 1.54) is 11.8 Å². The molecule has 0 spiro atoms. The van der Waals surface area contributed by atoms with Crippen molar-refractivity contribution in [2.45, 2.75) is 11.8 Å². The van der Waals surface area contributed by atoms with Crippen LogP contribution in [0.5, 0.6) is 0 Å². The summed E-state index contributed by atoms with van der Waals surface area (Å²) in [6.07, 6.45) is 0. The van der Waals surface area contributed by atoms with E-state index < -0.39 is 0 Å². The molecule has 2 nitrogen and oxygen atoms in total. The van der Waals surface area contributed by atoms with Crippen molar-refractivity contribution in [2.75, 3.05) is 6.61 Å². The van der Waals surface area contributed by atoms with Crippen LogP contribution in [0, 0.1) is 11.3 Å². The minimum absolute atomic E-state index is 0.540. The lowest BCUT2D eigenvalue weighted by Crippen LogP contribution is -1.94. The molecule has 0 aromatic heterocycles. The molecule has 0 fully saturated rings. The predicted molar refractivity (Wildman–Crippen MR) is 86.7 cm³/mol. The van der Waals surface area contributed by atoms with Crippen molar-refractivity contribution >= 4 is 28.4 Å². The van der Waals surface area contributed by atoms with E-state index in [-0.39, 0.29) is 0 Å². The molecule has 0 N–H and O–H groups in total. The smallest absolute Gasteiger partial charge is 0.224 e. The van der Waals surface area contributed by atoms with Crippen molar-refractivity contribution in [3.05, 3.63) is 54.1 Å². The number of ether oxygens (including phenoxy) is 1. The lowest BCUT2D eigenvalue weighted by Gasteiger charge is -2.06. The van der Waals surface area contributed by atoms with Gasteiger partial charge in [-0.3, -0.25) is 0 Å². The number of nitrogens with zero attached hydrogens (tertiary/aromatic N) is 1. The Morgan fingerprint density at radius 2 is 1.65 bits per heavy atom. The van der Waals surface area contributed by atoms with E-state index in [1.54, 1.807) is 0 Å². The largest absolute Gasteiger partial charge is 0.479 e. The van der Waals surface area contributed by atoms with Gasteiger partial charge in [-0.2, -0.15) is 5.26 Å². The topological polar surface area (TPSA) is 33.0 Å². The highest BCUT2D eigenvalue weighted by molar-refractivity contribution is 8.22. The van der Waals surface area contributed by atoms with E-state index in [2.05, 4.69) is 6.07 Å². The van der Waals surface area contributed by atoms with Crippen LogP contribution in [0.1, 0.15) is 12.5 Å². The van der Waals surface area contributed by atoms with Crippen molar-refractivity contribution in [3.8, 4) is 17.2 Å². The first-order valence-electron chi connectivity index (χ1n) is 6.18. The average Bonchev–Trinajstić information content (AvgIpc) is 2.48. The predicted octanol–water partition coefficient (Wildman–Crippen LogP) is 4.64. The molecule has 4 heteroatoms. The van der Waals surface area contributed by atoms with Crippen LogP contribution in [0.4, 0.5) is 0 Å². The molecular formula is C16H13NOS2. The maximum atomic E-state index is 8.79. The molecular weight excluding hydrogens is 286 g/mol. The summed E-state index contributed by atoms with van der Waals surface area (Å²) in [7, 11) is 0. The van der Waals surface area contributed by atoms with Gasteiger partial charge in [-0.05, 0) is 66.3 Å². The Labute approximate surface area is 128 Å². The third kappa shape index (κ3) is 3.83. The van der Waals surface area contributed by atoms with E-state index in [1.807, 2.05) is 55.5 Å². The maximum absolute atomic E-state index is 8.79. The van der Waals surface area contributed by atoms with Crippen molar-refractivity contribution in [1.82, 2.24) is 0 Å². The summed E-state index contributed by atoms with van der Waals surface area (Å²) >= 11 is 6.54. The van der Waals surface area contributed by atoms with Gasteiger partial charge in [-0.1, -0.05) is 24.3 Å². The molecule has 0 aliphatic carbocycles. The van der Waals surface area contributed by atoms with Crippen LogP contribution in [0.2, 0.25) is 0 Å². The van der Waals surface area contributed by atoms with Gasteiger partial charge in [-0.25, -0.2) is 0 Å². The Bertz CT molecular complexity index is 627. The molecule has 0 radical (unpaired) electrons. The second-order valence-corrected chi connectivity index (χ2v) is 5.67. The third-order valence-electron chi connectivity index (χ3n) is 2.67. The Hall–Kier alpha value is -1.83. The molecule has 2 aromatic rings. The Morgan fingerprint density at radius 3 is 2.15 bits per heavy atom. The van der Waals surface area contributed by atoms with Gasteiger partial charge < -0.3 is 4.74 Å². The first kappa shape index (κ1) is 14.6. The lowest BCUT2D eigenvalue weighted by atomic mass is 10.0. The summed E-state index contributed by atoms with van der Waals surface area (Å²) in [5, 5.41) is 8.79. The summed E-state index contributed by atoms with van der Waals surface area (Å²) in [5.74, 6) is 0. The minimum atomic E-state index is 0.540. The van der Waals surface area contributed by atoms with E-state index in [4.69, 9.17) is 22.2 Å². The van der Waals surface area contributed by atoms with Crippen LogP contribution >= 0.6 is 24.0 Å². The summed E-state index contributed by atoms with van der Waals surface area (Å²) in [5.41, 5.74) is 2.87. The summed E-state index contributed by atoms with van der Waals surface area (Å²) < 4.78 is 5.79. The highest BCUT2D eigenvalue weighted by atomic mass is 32.2. The Kier molecular flexibility index (Phi) is 5.16. The molecule has 0 bridgehead atoms. The van der Waals surface area contributed by atoms with Crippen LogP contribution in [0.3, 0.4) is 0 Å². The zero-order valence-corrected chi connectivity index (χ0v) is 12.6. The van der Waals surface area contributed by atoms with Gasteiger partial charge in [0.1, 0.15) is 0 Å². The number of thioether (sulfide) groups is 1. The fourth-order valence-corrected chi connectivity index (χ4v) is 2.74. The zero-order chi connectivity index (χ0) is 14.4. The van der Waals surface area contributed by atoms with E-state index in [0.717, 1.165) is 16.0 Å². The second-order valence-electron chi connectivity index (χ2n) is 4.00. The van der Waals surface area contributed by atoms with Gasteiger partial charge in [0, 0.05) is 4.90 Å². The van der Waals surface area contributed by atoms with Crippen molar-refractivity contribution in [2.24, 2.45) is 0 Å². The Balaban J connectivity index is 2.11. The van der Waals surface area contributed by atoms with Gasteiger partial charge >= 0.3 is 0 Å². The molecule has 0 saturated heterocycles. The third-order valence-corrected chi connectivity index (χ3v) is 3.83. The SMILES string of the molecule is CCOC(=S)Sc1ccc(-c2ccc(C#N)cc2)cc1. The fraction of sp³-hybridized carbons (Fsp3) is 0.125. The molecule has 0 saturated carbocycles. The van der Waals surface area contributed by atoms with E-state index >= 15 is 0 Å². The average molecular weight is 299 g/mol. The first-order chi connectivity index (χ1) is 9.72. The number of hydrogen-bond acceptors (Lipinski definition) is 4. The highest BCUT2D eigenvalue weighted by Crippen LogP contribution is 2.25. The molecule has 2 rings (SSSR count). The quantitative estimate of drug-likeness (QED) is 0.610. The fourth-order valence-electron chi connectivity index (χ4n) is 1.70. The molecule has 0 aliphatic heterocycles. The number of rotatable bonds is 3. The van der Waals surface area contributed by atoms with Crippen molar-refractivity contribution in [1.29, 1.82) is 5.26 Å². The monoisotopic (exact) mass is 299 g/mol. The molecule has 2 aromatic carbocycles. The maximum Gasteiger partial charge on any atom is 0.224 e. The van der Waals surface area contributed by atoms with Crippen molar-refractivity contribution < 1.29 is 4.74 Å². The zero-order valence-electron chi connectivity index (χ0n) is 11.0. The van der Waals surface area contributed by atoms with Crippen LogP contribution < -0.4 is 0 Å². The highest BCUT2D eigenvalue weighted by Gasteiger charge is 2.02. The number of thiocarbonyl (C=S) groups is 1. The van der Waals surface area contributed by atoms with Crippen LogP contribution in [0.25, 0.3) is 11.1 Å². The lowest BCUT2D eigenvalue weighted by molar-refractivity contribution is 0.346. The van der Waals surface area contributed by atoms with Crippen LogP contribution in [-0.2, 0) is 4.74 Å². The molecule has 0 heterocycles. The van der Waals surface area contributed by atoms with Gasteiger partial charge in [-0.15, -0.1) is 0 Å². The van der Waals surface area contributed by atoms with E-state index in [0.29, 0.717) is 16.6 Å². The molecule has 0 amide bonds. The molecule has 20 heavy (non-hydrogen) atoms. The molecule has 0 unspecified atom stereocenters. The Morgan fingerprint density at radius 1 is 1.10 bits per heavy atom. The number of nitriles is 1. The second kappa shape index (κ2) is 7.09. The normalized spacial score (nSPS) is 9.80. The number of hydrogen-bond donors (Lipinski definition) is 0. The first-order valence-corrected chi connectivity index (χ1v) is 7.40. The van der Waals surface area contributed by atoms with E-state index in [9.17, 15) is 0 Å². The van der Waals surface area contributed by atoms with Crippen molar-refractivity contribution in [3.63, 3.8) is 0 Å².